The molecule has 7 heteroatoms. The first-order valence-electron chi connectivity index (χ1n) is 6.42. The van der Waals surface area contributed by atoms with E-state index in [4.69, 9.17) is 21.1 Å². The van der Waals surface area contributed by atoms with E-state index in [0.29, 0.717) is 11.5 Å². The molecule has 0 aromatic heterocycles. The smallest absolute Gasteiger partial charge is 0.240 e. The van der Waals surface area contributed by atoms with Crippen molar-refractivity contribution >= 4 is 21.6 Å². The molecule has 0 heterocycles. The Balaban J connectivity index is 2.15. The van der Waals surface area contributed by atoms with E-state index < -0.39 is 10.0 Å². The fraction of sp³-hybridized carbons (Fsp3) is 0.200. The second-order valence-corrected chi connectivity index (χ2v) is 6.65. The summed E-state index contributed by atoms with van der Waals surface area (Å²) in [4.78, 5) is 0.0844. The van der Waals surface area contributed by atoms with Gasteiger partial charge in [-0.1, -0.05) is 23.7 Å². The molecule has 0 unspecified atom stereocenters. The summed E-state index contributed by atoms with van der Waals surface area (Å²) < 4.78 is 37.2. The summed E-state index contributed by atoms with van der Waals surface area (Å²) in [6, 6.07) is 11.5. The molecule has 0 aliphatic heterocycles. The second kappa shape index (κ2) is 7.00. The zero-order chi connectivity index (χ0) is 16.2. The van der Waals surface area contributed by atoms with E-state index in [1.165, 1.54) is 25.3 Å². The van der Waals surface area contributed by atoms with Crippen molar-refractivity contribution in [2.75, 3.05) is 14.2 Å². The molecule has 0 saturated carbocycles. The Morgan fingerprint density at radius 3 is 2.50 bits per heavy atom. The van der Waals surface area contributed by atoms with Gasteiger partial charge in [-0.3, -0.25) is 0 Å². The van der Waals surface area contributed by atoms with Crippen molar-refractivity contribution in [3.05, 3.63) is 53.1 Å². The van der Waals surface area contributed by atoms with Crippen LogP contribution in [0, 0.1) is 0 Å². The number of hydrogen-bond donors (Lipinski definition) is 1. The van der Waals surface area contributed by atoms with Gasteiger partial charge < -0.3 is 9.47 Å². The molecule has 2 aromatic carbocycles. The predicted octanol–water partition coefficient (Wildman–Crippen LogP) is 2.84. The lowest BCUT2D eigenvalue weighted by Crippen LogP contribution is -2.23. The first kappa shape index (κ1) is 16.6. The van der Waals surface area contributed by atoms with Crippen LogP contribution in [0.15, 0.2) is 47.4 Å². The third-order valence-electron chi connectivity index (χ3n) is 3.03. The monoisotopic (exact) mass is 341 g/mol. The van der Waals surface area contributed by atoms with E-state index in [9.17, 15) is 8.42 Å². The molecular formula is C15H16ClNO4S. The Labute approximate surface area is 134 Å². The summed E-state index contributed by atoms with van der Waals surface area (Å²) >= 11 is 5.96. The Hall–Kier alpha value is -1.76. The Morgan fingerprint density at radius 2 is 1.86 bits per heavy atom. The van der Waals surface area contributed by atoms with Crippen LogP contribution >= 0.6 is 11.6 Å². The SMILES string of the molecule is COc1cccc(CNS(=O)(=O)c2ccc(OC)c(Cl)c2)c1. The van der Waals surface area contributed by atoms with Crippen LogP contribution < -0.4 is 14.2 Å². The number of ether oxygens (including phenoxy) is 2. The quantitative estimate of drug-likeness (QED) is 0.877. The summed E-state index contributed by atoms with van der Waals surface area (Å²) in [7, 11) is -0.629. The van der Waals surface area contributed by atoms with Gasteiger partial charge in [0.2, 0.25) is 10.0 Å². The molecule has 118 valence electrons. The fourth-order valence-electron chi connectivity index (χ4n) is 1.86. The number of methoxy groups -OCH3 is 2. The molecule has 2 aromatic rings. The molecule has 0 radical (unpaired) electrons. The van der Waals surface area contributed by atoms with Gasteiger partial charge in [-0.25, -0.2) is 13.1 Å². The van der Waals surface area contributed by atoms with Crippen LogP contribution in [0.3, 0.4) is 0 Å². The highest BCUT2D eigenvalue weighted by Gasteiger charge is 2.15. The summed E-state index contributed by atoms with van der Waals surface area (Å²) in [6.07, 6.45) is 0. The topological polar surface area (TPSA) is 64.6 Å². The minimum atomic E-state index is -3.66. The van der Waals surface area contributed by atoms with Crippen molar-refractivity contribution in [2.45, 2.75) is 11.4 Å². The lowest BCUT2D eigenvalue weighted by Gasteiger charge is -2.09. The van der Waals surface area contributed by atoms with Crippen molar-refractivity contribution in [1.29, 1.82) is 0 Å². The maximum atomic E-state index is 12.3. The second-order valence-electron chi connectivity index (χ2n) is 4.47. The van der Waals surface area contributed by atoms with Crippen LogP contribution in [0.1, 0.15) is 5.56 Å². The largest absolute Gasteiger partial charge is 0.497 e. The predicted molar refractivity (Wildman–Crippen MR) is 85.0 cm³/mol. The Morgan fingerprint density at radius 1 is 1.09 bits per heavy atom. The van der Waals surface area contributed by atoms with Gasteiger partial charge in [0, 0.05) is 6.54 Å². The molecule has 2 rings (SSSR count). The zero-order valence-electron chi connectivity index (χ0n) is 12.2. The molecule has 0 spiro atoms. The lowest BCUT2D eigenvalue weighted by molar-refractivity contribution is 0.414. The molecule has 0 amide bonds. The van der Waals surface area contributed by atoms with Gasteiger partial charge in [0.25, 0.3) is 0 Å². The number of sulfonamides is 1. The summed E-state index contributed by atoms with van der Waals surface area (Å²) in [5.74, 6) is 1.10. The summed E-state index contributed by atoms with van der Waals surface area (Å²) in [6.45, 7) is 0.156. The van der Waals surface area contributed by atoms with Crippen LogP contribution in [-0.2, 0) is 16.6 Å². The van der Waals surface area contributed by atoms with Crippen molar-refractivity contribution in [3.8, 4) is 11.5 Å². The molecule has 1 N–H and O–H groups in total. The first-order chi connectivity index (χ1) is 10.5. The van der Waals surface area contributed by atoms with Crippen LogP contribution in [0.25, 0.3) is 0 Å². The van der Waals surface area contributed by atoms with Gasteiger partial charge in [0.05, 0.1) is 24.1 Å². The van der Waals surface area contributed by atoms with Crippen molar-refractivity contribution in [2.24, 2.45) is 0 Å². The van der Waals surface area contributed by atoms with Crippen molar-refractivity contribution in [3.63, 3.8) is 0 Å². The normalized spacial score (nSPS) is 11.2. The average molecular weight is 342 g/mol. The Bertz CT molecular complexity index is 762. The van der Waals surface area contributed by atoms with E-state index in [1.54, 1.807) is 25.3 Å². The third kappa shape index (κ3) is 3.91. The number of halogens is 1. The molecule has 0 atom stereocenters. The maximum Gasteiger partial charge on any atom is 0.240 e. The molecule has 5 nitrogen and oxygen atoms in total. The van der Waals surface area contributed by atoms with E-state index in [-0.39, 0.29) is 16.5 Å². The van der Waals surface area contributed by atoms with E-state index in [1.807, 2.05) is 6.07 Å². The highest BCUT2D eigenvalue weighted by molar-refractivity contribution is 7.89. The first-order valence-corrected chi connectivity index (χ1v) is 8.28. The zero-order valence-corrected chi connectivity index (χ0v) is 13.7. The average Bonchev–Trinajstić information content (AvgIpc) is 2.53. The summed E-state index contributed by atoms with van der Waals surface area (Å²) in [5, 5.41) is 0.242. The lowest BCUT2D eigenvalue weighted by atomic mass is 10.2. The van der Waals surface area contributed by atoms with Gasteiger partial charge in [0.1, 0.15) is 11.5 Å². The molecule has 0 fully saturated rings. The van der Waals surface area contributed by atoms with Gasteiger partial charge >= 0.3 is 0 Å². The van der Waals surface area contributed by atoms with E-state index >= 15 is 0 Å². The highest BCUT2D eigenvalue weighted by Crippen LogP contribution is 2.26. The molecule has 0 saturated heterocycles. The van der Waals surface area contributed by atoms with Crippen LogP contribution in [0.2, 0.25) is 5.02 Å². The standard InChI is InChI=1S/C15H16ClNO4S/c1-20-12-5-3-4-11(8-12)10-17-22(18,19)13-6-7-15(21-2)14(16)9-13/h3-9,17H,10H2,1-2H3. The van der Waals surface area contributed by atoms with Gasteiger partial charge in [-0.15, -0.1) is 0 Å². The van der Waals surface area contributed by atoms with Gasteiger partial charge in [-0.2, -0.15) is 0 Å². The van der Waals surface area contributed by atoms with Gasteiger partial charge in [0.15, 0.2) is 0 Å². The highest BCUT2D eigenvalue weighted by atomic mass is 35.5. The van der Waals surface area contributed by atoms with Crippen LogP contribution in [0.5, 0.6) is 11.5 Å². The van der Waals surface area contributed by atoms with E-state index in [2.05, 4.69) is 4.72 Å². The maximum absolute atomic E-state index is 12.3. The van der Waals surface area contributed by atoms with E-state index in [0.717, 1.165) is 5.56 Å². The fourth-order valence-corrected chi connectivity index (χ4v) is 3.22. The van der Waals surface area contributed by atoms with Crippen LogP contribution in [-0.4, -0.2) is 22.6 Å². The van der Waals surface area contributed by atoms with Crippen molar-refractivity contribution in [1.82, 2.24) is 4.72 Å². The number of rotatable bonds is 6. The van der Waals surface area contributed by atoms with Crippen LogP contribution in [0.4, 0.5) is 0 Å². The number of nitrogens with one attached hydrogen (secondary N) is 1. The van der Waals surface area contributed by atoms with Crippen molar-refractivity contribution < 1.29 is 17.9 Å². The Kier molecular flexibility index (Phi) is 5.28. The molecule has 0 bridgehead atoms. The number of hydrogen-bond acceptors (Lipinski definition) is 4. The molecular weight excluding hydrogens is 326 g/mol. The molecule has 22 heavy (non-hydrogen) atoms. The molecule has 0 aliphatic carbocycles. The minimum absolute atomic E-state index is 0.0844. The summed E-state index contributed by atoms with van der Waals surface area (Å²) in [5.41, 5.74) is 0.794. The van der Waals surface area contributed by atoms with Gasteiger partial charge in [-0.05, 0) is 35.9 Å². The number of benzene rings is 2. The third-order valence-corrected chi connectivity index (χ3v) is 4.73. The minimum Gasteiger partial charge on any atom is -0.497 e. The molecule has 0 aliphatic rings.